The van der Waals surface area contributed by atoms with Crippen LogP contribution in [0.5, 0.6) is 5.75 Å². The number of nitrogens with one attached hydrogen (secondary N) is 3. The molecule has 3 amide bonds. The Labute approximate surface area is 182 Å². The first-order valence-corrected chi connectivity index (χ1v) is 11.0. The number of hydrogen-bond acceptors (Lipinski definition) is 6. The fourth-order valence-corrected chi connectivity index (χ4v) is 3.88. The Hall–Kier alpha value is -3.11. The smallest absolute Gasteiger partial charge is 0.325 e. The molecule has 0 radical (unpaired) electrons. The van der Waals surface area contributed by atoms with E-state index in [2.05, 4.69) is 16.0 Å². The number of imide groups is 1. The number of hydrogen-bond donors (Lipinski definition) is 3. The highest BCUT2D eigenvalue weighted by molar-refractivity contribution is 7.89. The maximum Gasteiger partial charge on any atom is 0.325 e. The lowest BCUT2D eigenvalue weighted by Crippen LogP contribution is -2.43. The van der Waals surface area contributed by atoms with E-state index in [1.165, 1.54) is 33.3 Å². The zero-order chi connectivity index (χ0) is 23.3. The van der Waals surface area contributed by atoms with Crippen LogP contribution < -0.4 is 20.7 Å². The second-order valence-corrected chi connectivity index (χ2v) is 9.40. The lowest BCUT2D eigenvalue weighted by Gasteiger charge is -2.18. The third-order valence-corrected chi connectivity index (χ3v) is 6.40. The Bertz CT molecular complexity index is 1080. The molecule has 2 aromatic rings. The molecule has 0 fully saturated rings. The van der Waals surface area contributed by atoms with Gasteiger partial charge in [0.2, 0.25) is 15.9 Å². The number of anilines is 2. The topological polar surface area (TPSA) is 117 Å². The van der Waals surface area contributed by atoms with Crippen LogP contribution in [0.25, 0.3) is 0 Å². The molecule has 3 N–H and O–H groups in total. The predicted molar refractivity (Wildman–Crippen MR) is 120 cm³/mol. The van der Waals surface area contributed by atoms with Crippen molar-refractivity contribution >= 4 is 33.3 Å². The van der Waals surface area contributed by atoms with Crippen LogP contribution in [0.1, 0.15) is 18.1 Å². The van der Waals surface area contributed by atoms with Crippen LogP contribution in [-0.2, 0) is 14.8 Å². The molecule has 0 heterocycles. The average Bonchev–Trinajstić information content (AvgIpc) is 2.69. The van der Waals surface area contributed by atoms with Gasteiger partial charge in [-0.2, -0.15) is 0 Å². The molecule has 0 aliphatic carbocycles. The van der Waals surface area contributed by atoms with Crippen molar-refractivity contribution in [2.45, 2.75) is 31.7 Å². The van der Waals surface area contributed by atoms with E-state index in [1.54, 1.807) is 19.1 Å². The number of nitrogens with zero attached hydrogens (tertiary/aromatic N) is 1. The number of sulfonamides is 1. The third-order valence-electron chi connectivity index (χ3n) is 4.57. The first-order chi connectivity index (χ1) is 14.4. The molecule has 0 saturated heterocycles. The number of amides is 3. The summed E-state index contributed by atoms with van der Waals surface area (Å²) >= 11 is 0. The standard InChI is InChI=1S/C21H28N4O5S/c1-13-7-9-17(14(2)11-13)23-21(27)24-20(26)15(3)22-16-8-10-18(30-6)19(12-16)31(28,29)25(4)5/h7-12,15,22H,1-6H3,(H2,23,24,26,27). The van der Waals surface area contributed by atoms with Crippen LogP contribution in [0.15, 0.2) is 41.3 Å². The number of benzene rings is 2. The zero-order valence-corrected chi connectivity index (χ0v) is 19.3. The lowest BCUT2D eigenvalue weighted by atomic mass is 10.1. The van der Waals surface area contributed by atoms with Crippen LogP contribution in [0, 0.1) is 13.8 Å². The largest absolute Gasteiger partial charge is 0.495 e. The minimum Gasteiger partial charge on any atom is -0.495 e. The van der Waals surface area contributed by atoms with E-state index in [4.69, 9.17) is 4.74 Å². The van der Waals surface area contributed by atoms with Gasteiger partial charge in [0.1, 0.15) is 16.7 Å². The quantitative estimate of drug-likeness (QED) is 0.600. The first-order valence-electron chi connectivity index (χ1n) is 9.52. The lowest BCUT2D eigenvalue weighted by molar-refractivity contribution is -0.120. The summed E-state index contributed by atoms with van der Waals surface area (Å²) < 4.78 is 31.3. The summed E-state index contributed by atoms with van der Waals surface area (Å²) in [5.41, 5.74) is 2.93. The van der Waals surface area contributed by atoms with Gasteiger partial charge in [-0.1, -0.05) is 17.7 Å². The van der Waals surface area contributed by atoms with Crippen molar-refractivity contribution < 1.29 is 22.7 Å². The third kappa shape index (κ3) is 5.96. The Balaban J connectivity index is 2.09. The summed E-state index contributed by atoms with van der Waals surface area (Å²) in [6.07, 6.45) is 0. The van der Waals surface area contributed by atoms with Crippen molar-refractivity contribution in [3.63, 3.8) is 0 Å². The molecule has 0 aliphatic rings. The Morgan fingerprint density at radius 2 is 1.74 bits per heavy atom. The van der Waals surface area contributed by atoms with E-state index in [-0.39, 0.29) is 10.6 Å². The summed E-state index contributed by atoms with van der Waals surface area (Å²) in [5, 5.41) is 7.82. The van der Waals surface area contributed by atoms with Crippen molar-refractivity contribution in [1.29, 1.82) is 0 Å². The molecule has 0 saturated carbocycles. The molecule has 1 unspecified atom stereocenters. The molecular weight excluding hydrogens is 420 g/mol. The van der Waals surface area contributed by atoms with Crippen LogP contribution in [-0.4, -0.2) is 51.9 Å². The van der Waals surface area contributed by atoms with Crippen molar-refractivity contribution in [1.82, 2.24) is 9.62 Å². The SMILES string of the molecule is COc1ccc(NC(C)C(=O)NC(=O)Nc2ccc(C)cc2C)cc1S(=O)(=O)N(C)C. The molecule has 2 aromatic carbocycles. The maximum absolute atomic E-state index is 12.5. The van der Waals surface area contributed by atoms with Gasteiger partial charge in [-0.25, -0.2) is 17.5 Å². The van der Waals surface area contributed by atoms with Gasteiger partial charge in [-0.3, -0.25) is 10.1 Å². The minimum atomic E-state index is -3.76. The highest BCUT2D eigenvalue weighted by Crippen LogP contribution is 2.29. The zero-order valence-electron chi connectivity index (χ0n) is 18.4. The number of ether oxygens (including phenoxy) is 1. The predicted octanol–water partition coefficient (Wildman–Crippen LogP) is 2.71. The summed E-state index contributed by atoms with van der Waals surface area (Å²) in [6.45, 7) is 5.36. The Morgan fingerprint density at radius 3 is 2.32 bits per heavy atom. The van der Waals surface area contributed by atoms with Crippen molar-refractivity contribution in [2.24, 2.45) is 0 Å². The average molecular weight is 449 g/mol. The van der Waals surface area contributed by atoms with E-state index in [0.29, 0.717) is 11.4 Å². The van der Waals surface area contributed by atoms with E-state index in [1.807, 2.05) is 26.0 Å². The monoisotopic (exact) mass is 448 g/mol. The molecule has 31 heavy (non-hydrogen) atoms. The summed E-state index contributed by atoms with van der Waals surface area (Å²) in [6, 6.07) is 8.55. The van der Waals surface area contributed by atoms with Crippen molar-refractivity contribution in [3.05, 3.63) is 47.5 Å². The van der Waals surface area contributed by atoms with Gasteiger partial charge in [0.25, 0.3) is 0 Å². The van der Waals surface area contributed by atoms with Gasteiger partial charge in [0.05, 0.1) is 7.11 Å². The van der Waals surface area contributed by atoms with E-state index in [9.17, 15) is 18.0 Å². The van der Waals surface area contributed by atoms with E-state index >= 15 is 0 Å². The summed E-state index contributed by atoms with van der Waals surface area (Å²) in [5.74, 6) is -0.390. The molecule has 0 bridgehead atoms. The van der Waals surface area contributed by atoms with Crippen molar-refractivity contribution in [3.8, 4) is 5.75 Å². The van der Waals surface area contributed by atoms with Gasteiger partial charge >= 0.3 is 6.03 Å². The second-order valence-electron chi connectivity index (χ2n) is 7.28. The highest BCUT2D eigenvalue weighted by Gasteiger charge is 2.24. The van der Waals surface area contributed by atoms with Gasteiger partial charge in [-0.15, -0.1) is 0 Å². The van der Waals surface area contributed by atoms with Crippen LogP contribution in [0.4, 0.5) is 16.2 Å². The number of urea groups is 1. The molecule has 1 atom stereocenters. The van der Waals surface area contributed by atoms with Crippen LogP contribution >= 0.6 is 0 Å². The molecule has 0 aromatic heterocycles. The molecule has 168 valence electrons. The molecule has 2 rings (SSSR count). The summed E-state index contributed by atoms with van der Waals surface area (Å²) in [4.78, 5) is 24.6. The first kappa shape index (κ1) is 24.2. The van der Waals surface area contributed by atoms with Gasteiger partial charge in [0.15, 0.2) is 0 Å². The molecule has 10 heteroatoms. The molecule has 0 aliphatic heterocycles. The number of aryl methyl sites for hydroxylation is 2. The van der Waals surface area contributed by atoms with E-state index < -0.39 is 28.0 Å². The Morgan fingerprint density at radius 1 is 1.06 bits per heavy atom. The minimum absolute atomic E-state index is 0.0369. The molecule has 9 nitrogen and oxygen atoms in total. The van der Waals surface area contributed by atoms with Gasteiger partial charge in [-0.05, 0) is 50.6 Å². The van der Waals surface area contributed by atoms with Gasteiger partial charge < -0.3 is 15.4 Å². The number of carbonyl (C=O) groups excluding carboxylic acids is 2. The highest BCUT2D eigenvalue weighted by atomic mass is 32.2. The molecule has 0 spiro atoms. The van der Waals surface area contributed by atoms with Crippen LogP contribution in [0.3, 0.4) is 0 Å². The fraction of sp³-hybridized carbons (Fsp3) is 0.333. The van der Waals surface area contributed by atoms with Crippen LogP contribution in [0.2, 0.25) is 0 Å². The maximum atomic E-state index is 12.5. The normalized spacial score (nSPS) is 12.2. The fourth-order valence-electron chi connectivity index (χ4n) is 2.81. The number of methoxy groups -OCH3 is 1. The second kappa shape index (κ2) is 9.80. The van der Waals surface area contributed by atoms with Crippen molar-refractivity contribution in [2.75, 3.05) is 31.8 Å². The Kier molecular flexibility index (Phi) is 7.64. The summed E-state index contributed by atoms with van der Waals surface area (Å²) in [7, 11) is 0.453. The molecular formula is C21H28N4O5S. The van der Waals surface area contributed by atoms with Gasteiger partial charge in [0, 0.05) is 25.5 Å². The number of rotatable bonds is 7. The number of carbonyl (C=O) groups is 2. The van der Waals surface area contributed by atoms with E-state index in [0.717, 1.165) is 15.4 Å².